The van der Waals surface area contributed by atoms with Crippen molar-refractivity contribution in [2.24, 2.45) is 0 Å². The van der Waals surface area contributed by atoms with Crippen LogP contribution in [0.3, 0.4) is 0 Å². The van der Waals surface area contributed by atoms with Crippen LogP contribution >= 0.6 is 11.6 Å². The van der Waals surface area contributed by atoms with Gasteiger partial charge in [0.1, 0.15) is 12.4 Å². The van der Waals surface area contributed by atoms with E-state index < -0.39 is 0 Å². The Morgan fingerprint density at radius 1 is 1.28 bits per heavy atom. The standard InChI is InChI=1S/C17H15ClN6O/c1-10-4-5-11(7-13(10)18)24-16-12(8-20-24)17-21-15(14-3-2-6-25-14)22-23(17)9-19-16/h4-5,7-9,14H,2-3,6H2,1H3/t14-/m0/s1. The van der Waals surface area contributed by atoms with Crippen molar-refractivity contribution in [1.29, 1.82) is 0 Å². The van der Waals surface area contributed by atoms with E-state index in [-0.39, 0.29) is 6.10 Å². The van der Waals surface area contributed by atoms with E-state index in [1.807, 2.05) is 25.1 Å². The summed E-state index contributed by atoms with van der Waals surface area (Å²) in [5.74, 6) is 0.706. The number of fused-ring (bicyclic) bond motifs is 3. The van der Waals surface area contributed by atoms with E-state index in [0.717, 1.165) is 47.4 Å². The second kappa shape index (κ2) is 5.50. The smallest absolute Gasteiger partial charge is 0.180 e. The molecule has 0 aliphatic carbocycles. The molecule has 1 aromatic carbocycles. The summed E-state index contributed by atoms with van der Waals surface area (Å²) in [7, 11) is 0. The first-order valence-corrected chi connectivity index (χ1v) is 8.55. The number of benzene rings is 1. The zero-order valence-corrected chi connectivity index (χ0v) is 14.3. The molecule has 0 radical (unpaired) electrons. The minimum absolute atomic E-state index is 0.0269. The number of aromatic nitrogens is 6. The molecule has 0 amide bonds. The molecule has 1 aliphatic rings. The molecule has 126 valence electrons. The predicted octanol–water partition coefficient (Wildman–Crippen LogP) is 3.28. The summed E-state index contributed by atoms with van der Waals surface area (Å²) in [6.07, 6.45) is 5.39. The van der Waals surface area contributed by atoms with E-state index in [1.165, 1.54) is 0 Å². The fourth-order valence-corrected chi connectivity index (χ4v) is 3.33. The third-order valence-electron chi connectivity index (χ3n) is 4.54. The predicted molar refractivity (Wildman–Crippen MR) is 93.1 cm³/mol. The first-order valence-electron chi connectivity index (χ1n) is 8.18. The third kappa shape index (κ3) is 2.31. The van der Waals surface area contributed by atoms with Crippen molar-refractivity contribution < 1.29 is 4.74 Å². The van der Waals surface area contributed by atoms with Crippen molar-refractivity contribution in [1.82, 2.24) is 29.4 Å². The highest BCUT2D eigenvalue weighted by Crippen LogP contribution is 2.28. The first kappa shape index (κ1) is 14.8. The molecule has 0 saturated carbocycles. The highest BCUT2D eigenvalue weighted by atomic mass is 35.5. The lowest BCUT2D eigenvalue weighted by Crippen LogP contribution is -2.00. The lowest BCUT2D eigenvalue weighted by atomic mass is 10.2. The average molecular weight is 355 g/mol. The van der Waals surface area contributed by atoms with Gasteiger partial charge in [0.2, 0.25) is 0 Å². The molecule has 1 saturated heterocycles. The summed E-state index contributed by atoms with van der Waals surface area (Å²) >= 11 is 6.25. The van der Waals surface area contributed by atoms with Gasteiger partial charge in [0.05, 0.1) is 17.3 Å². The SMILES string of the molecule is Cc1ccc(-n2ncc3c2ncn2nc([C@@H]4CCCO4)nc32)cc1Cl. The van der Waals surface area contributed by atoms with Crippen molar-refractivity contribution >= 4 is 28.3 Å². The summed E-state index contributed by atoms with van der Waals surface area (Å²) in [4.78, 5) is 9.18. The molecule has 0 unspecified atom stereocenters. The molecule has 1 fully saturated rings. The van der Waals surface area contributed by atoms with Crippen LogP contribution in [0.25, 0.3) is 22.4 Å². The fraction of sp³-hybridized carbons (Fsp3) is 0.294. The third-order valence-corrected chi connectivity index (χ3v) is 4.95. The number of hydrogen-bond donors (Lipinski definition) is 0. The van der Waals surface area contributed by atoms with Crippen LogP contribution in [0.5, 0.6) is 0 Å². The van der Waals surface area contributed by atoms with Gasteiger partial charge < -0.3 is 4.74 Å². The largest absolute Gasteiger partial charge is 0.370 e. The van der Waals surface area contributed by atoms with E-state index >= 15 is 0 Å². The van der Waals surface area contributed by atoms with Gasteiger partial charge in [0, 0.05) is 11.6 Å². The molecular weight excluding hydrogens is 340 g/mol. The van der Waals surface area contributed by atoms with Crippen LogP contribution in [-0.4, -0.2) is 36.0 Å². The molecule has 25 heavy (non-hydrogen) atoms. The summed E-state index contributed by atoms with van der Waals surface area (Å²) < 4.78 is 9.14. The monoisotopic (exact) mass is 354 g/mol. The Morgan fingerprint density at radius 2 is 2.20 bits per heavy atom. The second-order valence-electron chi connectivity index (χ2n) is 6.21. The van der Waals surface area contributed by atoms with Crippen molar-refractivity contribution in [2.45, 2.75) is 25.9 Å². The number of aryl methyl sites for hydroxylation is 1. The summed E-state index contributed by atoms with van der Waals surface area (Å²) in [6.45, 7) is 2.73. The highest BCUT2D eigenvalue weighted by Gasteiger charge is 2.23. The van der Waals surface area contributed by atoms with Gasteiger partial charge in [0.15, 0.2) is 17.1 Å². The van der Waals surface area contributed by atoms with Gasteiger partial charge in [-0.2, -0.15) is 5.10 Å². The van der Waals surface area contributed by atoms with Gasteiger partial charge in [-0.25, -0.2) is 19.2 Å². The maximum absolute atomic E-state index is 6.25. The molecule has 3 aromatic heterocycles. The normalized spacial score (nSPS) is 17.8. The van der Waals surface area contributed by atoms with E-state index in [0.29, 0.717) is 10.8 Å². The number of nitrogens with zero attached hydrogens (tertiary/aromatic N) is 6. The second-order valence-corrected chi connectivity index (χ2v) is 6.62. The Kier molecular flexibility index (Phi) is 3.26. The van der Waals surface area contributed by atoms with Crippen LogP contribution in [0.4, 0.5) is 0 Å². The van der Waals surface area contributed by atoms with E-state index in [9.17, 15) is 0 Å². The van der Waals surface area contributed by atoms with Crippen LogP contribution in [-0.2, 0) is 4.74 Å². The zero-order chi connectivity index (χ0) is 17.0. The molecule has 4 aromatic rings. The zero-order valence-electron chi connectivity index (χ0n) is 13.6. The Labute approximate surface area is 148 Å². The first-order chi connectivity index (χ1) is 12.2. The minimum Gasteiger partial charge on any atom is -0.370 e. The molecule has 1 aliphatic heterocycles. The van der Waals surface area contributed by atoms with Crippen LogP contribution in [0, 0.1) is 6.92 Å². The molecule has 0 spiro atoms. The molecule has 8 heteroatoms. The molecule has 5 rings (SSSR count). The van der Waals surface area contributed by atoms with Crippen LogP contribution in [0.15, 0.2) is 30.7 Å². The van der Waals surface area contributed by atoms with Crippen LogP contribution in [0.2, 0.25) is 5.02 Å². The lowest BCUT2D eigenvalue weighted by Gasteiger charge is -2.05. The van der Waals surface area contributed by atoms with E-state index in [1.54, 1.807) is 21.7 Å². The van der Waals surface area contributed by atoms with Gasteiger partial charge >= 0.3 is 0 Å². The Bertz CT molecular complexity index is 1100. The summed E-state index contributed by atoms with van der Waals surface area (Å²) in [6, 6.07) is 5.83. The number of hydrogen-bond acceptors (Lipinski definition) is 5. The molecule has 7 nitrogen and oxygen atoms in total. The fourth-order valence-electron chi connectivity index (χ4n) is 3.16. The highest BCUT2D eigenvalue weighted by molar-refractivity contribution is 6.31. The van der Waals surface area contributed by atoms with Gasteiger partial charge in [-0.3, -0.25) is 0 Å². The van der Waals surface area contributed by atoms with Crippen LogP contribution in [0.1, 0.15) is 30.3 Å². The molecule has 0 N–H and O–H groups in total. The topological polar surface area (TPSA) is 70.1 Å². The molecule has 4 heterocycles. The Morgan fingerprint density at radius 3 is 3.00 bits per heavy atom. The quantitative estimate of drug-likeness (QED) is 0.552. The molecule has 0 bridgehead atoms. The number of rotatable bonds is 2. The van der Waals surface area contributed by atoms with Crippen molar-refractivity contribution in [3.63, 3.8) is 0 Å². The Balaban J connectivity index is 1.67. The van der Waals surface area contributed by atoms with Crippen molar-refractivity contribution in [2.75, 3.05) is 6.61 Å². The summed E-state index contributed by atoms with van der Waals surface area (Å²) in [5.41, 5.74) is 3.34. The van der Waals surface area contributed by atoms with Gasteiger partial charge in [-0.15, -0.1) is 5.10 Å². The lowest BCUT2D eigenvalue weighted by molar-refractivity contribution is 0.105. The van der Waals surface area contributed by atoms with Crippen molar-refractivity contribution in [3.05, 3.63) is 47.1 Å². The minimum atomic E-state index is -0.0269. The summed E-state index contributed by atoms with van der Waals surface area (Å²) in [5, 5.41) is 10.5. The van der Waals surface area contributed by atoms with Gasteiger partial charge in [-0.1, -0.05) is 17.7 Å². The van der Waals surface area contributed by atoms with E-state index in [2.05, 4.69) is 20.2 Å². The van der Waals surface area contributed by atoms with Crippen LogP contribution < -0.4 is 0 Å². The molecule has 1 atom stereocenters. The van der Waals surface area contributed by atoms with Gasteiger partial charge in [0.25, 0.3) is 0 Å². The number of ether oxygens (including phenoxy) is 1. The number of halogens is 1. The van der Waals surface area contributed by atoms with E-state index in [4.69, 9.17) is 16.3 Å². The molecular formula is C17H15ClN6O. The van der Waals surface area contributed by atoms with Crippen molar-refractivity contribution in [3.8, 4) is 5.69 Å². The average Bonchev–Trinajstić information content (AvgIpc) is 3.34. The maximum atomic E-state index is 6.25. The Hall–Kier alpha value is -2.51. The maximum Gasteiger partial charge on any atom is 0.180 e. The van der Waals surface area contributed by atoms with Gasteiger partial charge in [-0.05, 0) is 37.5 Å².